The summed E-state index contributed by atoms with van der Waals surface area (Å²) in [4.78, 5) is 0.843. The number of hydrogen-bond acceptors (Lipinski definition) is 6. The average molecular weight is 484 g/mol. The number of halogens is 6. The average Bonchev–Trinajstić information content (AvgIpc) is 3.46. The maximum atomic E-state index is 13.1. The quantitative estimate of drug-likeness (QED) is 0.607. The molecule has 1 saturated heterocycles. The normalized spacial score (nSPS) is 19.4. The van der Waals surface area contributed by atoms with Gasteiger partial charge in [-0.05, 0) is 41.5 Å². The van der Waals surface area contributed by atoms with Gasteiger partial charge in [-0.2, -0.15) is 30.6 Å². The molecule has 4 rings (SSSR count). The Morgan fingerprint density at radius 1 is 0.906 bits per heavy atom. The number of aromatic nitrogens is 4. The Balaban J connectivity index is 1.51. The molecule has 1 aliphatic heterocycles. The van der Waals surface area contributed by atoms with E-state index >= 15 is 0 Å². The van der Waals surface area contributed by atoms with Gasteiger partial charge < -0.3 is 0 Å². The lowest BCUT2D eigenvalue weighted by Gasteiger charge is -2.33. The zero-order chi connectivity index (χ0) is 23.3. The SMILES string of the molecule is O=S(=O)(c1cc(C(F)(F)F)cc(C(F)(F)F)c1)N1CCN(Cc2nnnn2C2CC2)CC1. The summed E-state index contributed by atoms with van der Waals surface area (Å²) in [6.07, 6.45) is -8.31. The van der Waals surface area contributed by atoms with Crippen LogP contribution in [0.25, 0.3) is 0 Å². The van der Waals surface area contributed by atoms with E-state index in [4.69, 9.17) is 0 Å². The van der Waals surface area contributed by atoms with Gasteiger partial charge in [0.15, 0.2) is 5.82 Å². The molecule has 15 heteroatoms. The van der Waals surface area contributed by atoms with Gasteiger partial charge >= 0.3 is 12.4 Å². The minimum atomic E-state index is -5.13. The monoisotopic (exact) mass is 484 g/mol. The van der Waals surface area contributed by atoms with Crippen LogP contribution in [0.5, 0.6) is 0 Å². The second-order valence-corrected chi connectivity index (χ2v) is 9.63. The van der Waals surface area contributed by atoms with Crippen molar-refractivity contribution in [2.75, 3.05) is 26.2 Å². The lowest BCUT2D eigenvalue weighted by atomic mass is 10.1. The number of sulfonamides is 1. The van der Waals surface area contributed by atoms with Crippen LogP contribution in [0.15, 0.2) is 23.1 Å². The number of piperazine rings is 1. The molecule has 1 aromatic heterocycles. The molecule has 8 nitrogen and oxygen atoms in total. The van der Waals surface area contributed by atoms with Crippen molar-refractivity contribution in [2.24, 2.45) is 0 Å². The van der Waals surface area contributed by atoms with Crippen molar-refractivity contribution in [3.63, 3.8) is 0 Å². The van der Waals surface area contributed by atoms with Gasteiger partial charge in [0.1, 0.15) is 0 Å². The number of rotatable bonds is 5. The van der Waals surface area contributed by atoms with Gasteiger partial charge in [0, 0.05) is 26.2 Å². The van der Waals surface area contributed by atoms with Gasteiger partial charge in [-0.1, -0.05) is 0 Å². The van der Waals surface area contributed by atoms with E-state index in [-0.39, 0.29) is 50.4 Å². The molecule has 0 radical (unpaired) electrons. The molecule has 32 heavy (non-hydrogen) atoms. The molecule has 1 saturated carbocycles. The van der Waals surface area contributed by atoms with Crippen LogP contribution in [-0.4, -0.2) is 64.0 Å². The Kier molecular flexibility index (Phi) is 5.69. The van der Waals surface area contributed by atoms with Gasteiger partial charge in [0.05, 0.1) is 28.6 Å². The highest BCUT2D eigenvalue weighted by Gasteiger charge is 2.39. The van der Waals surface area contributed by atoms with Gasteiger partial charge in [0.2, 0.25) is 10.0 Å². The van der Waals surface area contributed by atoms with Crippen LogP contribution in [0.1, 0.15) is 35.8 Å². The molecule has 0 spiro atoms. The number of alkyl halides is 6. The highest BCUT2D eigenvalue weighted by atomic mass is 32.2. The molecule has 1 aromatic carbocycles. The van der Waals surface area contributed by atoms with Crippen molar-refractivity contribution in [2.45, 2.75) is 42.7 Å². The van der Waals surface area contributed by atoms with E-state index in [9.17, 15) is 34.8 Å². The van der Waals surface area contributed by atoms with Crippen LogP contribution in [0, 0.1) is 0 Å². The first-order valence-electron chi connectivity index (χ1n) is 9.64. The topological polar surface area (TPSA) is 84.2 Å². The summed E-state index contributed by atoms with van der Waals surface area (Å²) in [5.41, 5.74) is -3.34. The van der Waals surface area contributed by atoms with Crippen LogP contribution >= 0.6 is 0 Å². The lowest BCUT2D eigenvalue weighted by Crippen LogP contribution is -2.48. The summed E-state index contributed by atoms with van der Waals surface area (Å²) in [5.74, 6) is 0.622. The van der Waals surface area contributed by atoms with Crippen molar-refractivity contribution < 1.29 is 34.8 Å². The van der Waals surface area contributed by atoms with Crippen LogP contribution in [0.3, 0.4) is 0 Å². The summed E-state index contributed by atoms with van der Waals surface area (Å²) in [6, 6.07) is 0.632. The molecule has 2 aliphatic rings. The van der Waals surface area contributed by atoms with Crippen molar-refractivity contribution in [1.29, 1.82) is 0 Å². The summed E-state index contributed by atoms with van der Waals surface area (Å²) >= 11 is 0. The Morgan fingerprint density at radius 3 is 1.97 bits per heavy atom. The molecule has 2 fully saturated rings. The predicted molar refractivity (Wildman–Crippen MR) is 96.6 cm³/mol. The first kappa shape index (κ1) is 22.9. The maximum Gasteiger partial charge on any atom is 0.416 e. The zero-order valence-corrected chi connectivity index (χ0v) is 17.3. The van der Waals surface area contributed by atoms with E-state index < -0.39 is 38.4 Å². The fourth-order valence-electron chi connectivity index (χ4n) is 3.47. The van der Waals surface area contributed by atoms with Crippen molar-refractivity contribution in [3.05, 3.63) is 35.2 Å². The van der Waals surface area contributed by atoms with E-state index in [0.717, 1.165) is 17.1 Å². The number of benzene rings is 1. The van der Waals surface area contributed by atoms with E-state index in [1.54, 1.807) is 4.68 Å². The van der Waals surface area contributed by atoms with Crippen molar-refractivity contribution >= 4 is 10.0 Å². The highest BCUT2D eigenvalue weighted by molar-refractivity contribution is 7.89. The van der Waals surface area contributed by atoms with E-state index in [2.05, 4.69) is 15.5 Å². The summed E-state index contributed by atoms with van der Waals surface area (Å²) in [6.45, 7) is 0.624. The maximum absolute atomic E-state index is 13.1. The molecule has 0 bridgehead atoms. The Labute approximate surface area is 178 Å². The predicted octanol–water partition coefficient (Wildman–Crippen LogP) is 2.55. The standard InChI is InChI=1S/C17H18F6N6O2S/c18-16(19,20)11-7-12(17(21,22)23)9-14(8-11)32(30,31)28-5-3-27(4-6-28)10-15-24-25-26-29(15)13-1-2-13/h7-9,13H,1-6,10H2. The minimum Gasteiger partial charge on any atom is -0.293 e. The van der Waals surface area contributed by atoms with Gasteiger partial charge in [0.25, 0.3) is 0 Å². The molecule has 0 amide bonds. The second-order valence-electron chi connectivity index (χ2n) is 7.69. The third-order valence-corrected chi connectivity index (χ3v) is 7.23. The second kappa shape index (κ2) is 7.95. The lowest BCUT2D eigenvalue weighted by molar-refractivity contribution is -0.143. The Morgan fingerprint density at radius 2 is 1.47 bits per heavy atom. The molecule has 2 aromatic rings. The number of tetrazole rings is 1. The van der Waals surface area contributed by atoms with Gasteiger partial charge in [-0.3, -0.25) is 4.90 Å². The summed E-state index contributed by atoms with van der Waals surface area (Å²) in [7, 11) is -4.56. The van der Waals surface area contributed by atoms with Crippen molar-refractivity contribution in [1.82, 2.24) is 29.4 Å². The Hall–Kier alpha value is -2.26. The van der Waals surface area contributed by atoms with Gasteiger partial charge in [-0.25, -0.2) is 13.1 Å². The smallest absolute Gasteiger partial charge is 0.293 e. The molecule has 1 aliphatic carbocycles. The van der Waals surface area contributed by atoms with Crippen molar-refractivity contribution in [3.8, 4) is 0 Å². The molecular weight excluding hydrogens is 466 g/mol. The van der Waals surface area contributed by atoms with E-state index in [1.165, 1.54) is 0 Å². The fourth-order valence-corrected chi connectivity index (χ4v) is 4.97. The molecule has 2 heterocycles. The van der Waals surface area contributed by atoms with E-state index in [1.807, 2.05) is 4.90 Å². The number of hydrogen-bond donors (Lipinski definition) is 0. The summed E-state index contributed by atoms with van der Waals surface area (Å²) in [5, 5.41) is 11.5. The van der Waals surface area contributed by atoms with Gasteiger partial charge in [-0.15, -0.1) is 5.10 Å². The van der Waals surface area contributed by atoms with Crippen LogP contribution in [-0.2, 0) is 28.9 Å². The van der Waals surface area contributed by atoms with Crippen LogP contribution in [0.4, 0.5) is 26.3 Å². The molecule has 0 unspecified atom stereocenters. The minimum absolute atomic E-state index is 0.0923. The van der Waals surface area contributed by atoms with Crippen LogP contribution < -0.4 is 0 Å². The molecular formula is C17H18F6N6O2S. The first-order chi connectivity index (χ1) is 14.9. The zero-order valence-electron chi connectivity index (χ0n) is 16.4. The number of nitrogens with zero attached hydrogens (tertiary/aromatic N) is 6. The van der Waals surface area contributed by atoms with E-state index in [0.29, 0.717) is 12.4 Å². The fraction of sp³-hybridized carbons (Fsp3) is 0.588. The first-order valence-corrected chi connectivity index (χ1v) is 11.1. The largest absolute Gasteiger partial charge is 0.416 e. The third kappa shape index (κ3) is 4.73. The Bertz CT molecular complexity index is 1060. The van der Waals surface area contributed by atoms with Crippen LogP contribution in [0.2, 0.25) is 0 Å². The molecule has 0 atom stereocenters. The molecule has 176 valence electrons. The third-order valence-electron chi connectivity index (χ3n) is 5.35. The summed E-state index contributed by atoms with van der Waals surface area (Å²) < 4.78 is 107. The highest BCUT2D eigenvalue weighted by Crippen LogP contribution is 2.38. The molecule has 0 N–H and O–H groups in total.